The van der Waals surface area contributed by atoms with Gasteiger partial charge in [0, 0.05) is 11.6 Å². The summed E-state index contributed by atoms with van der Waals surface area (Å²) in [4.78, 5) is 11.7. The SMILES string of the molecule is Cc1cc(OCC(=O)NCC2CCCNC2)ccc1Cl. The second kappa shape index (κ2) is 7.50. The van der Waals surface area contributed by atoms with Crippen LogP contribution in [-0.4, -0.2) is 32.1 Å². The number of carbonyl (C=O) groups is 1. The summed E-state index contributed by atoms with van der Waals surface area (Å²) in [6, 6.07) is 5.38. The van der Waals surface area contributed by atoms with E-state index in [2.05, 4.69) is 10.6 Å². The molecule has 1 fully saturated rings. The molecule has 0 spiro atoms. The first-order valence-corrected chi connectivity index (χ1v) is 7.39. The van der Waals surface area contributed by atoms with E-state index in [4.69, 9.17) is 16.3 Å². The van der Waals surface area contributed by atoms with Gasteiger partial charge in [-0.2, -0.15) is 0 Å². The van der Waals surface area contributed by atoms with Gasteiger partial charge >= 0.3 is 0 Å². The number of hydrogen-bond acceptors (Lipinski definition) is 3. The molecular weight excluding hydrogens is 276 g/mol. The second-order valence-corrected chi connectivity index (χ2v) is 5.62. The predicted octanol–water partition coefficient (Wildman–Crippen LogP) is 2.14. The molecule has 1 unspecified atom stereocenters. The third-order valence-corrected chi connectivity index (χ3v) is 3.91. The van der Waals surface area contributed by atoms with E-state index >= 15 is 0 Å². The molecule has 2 rings (SSSR count). The third kappa shape index (κ3) is 4.69. The summed E-state index contributed by atoms with van der Waals surface area (Å²) in [5, 5.41) is 6.95. The molecule has 0 bridgehead atoms. The molecule has 1 atom stereocenters. The Morgan fingerprint density at radius 2 is 2.40 bits per heavy atom. The molecule has 0 aliphatic carbocycles. The topological polar surface area (TPSA) is 50.4 Å². The van der Waals surface area contributed by atoms with Crippen LogP contribution in [0.5, 0.6) is 5.75 Å². The Hall–Kier alpha value is -1.26. The van der Waals surface area contributed by atoms with Gasteiger partial charge in [-0.3, -0.25) is 4.79 Å². The first-order valence-electron chi connectivity index (χ1n) is 7.01. The molecular formula is C15H21ClN2O2. The van der Waals surface area contributed by atoms with Crippen molar-refractivity contribution < 1.29 is 9.53 Å². The Bertz CT molecular complexity index is 459. The molecule has 0 aromatic heterocycles. The number of halogens is 1. The van der Waals surface area contributed by atoms with Crippen molar-refractivity contribution in [3.8, 4) is 5.75 Å². The van der Waals surface area contributed by atoms with Crippen molar-refractivity contribution in [1.29, 1.82) is 0 Å². The van der Waals surface area contributed by atoms with E-state index in [0.29, 0.717) is 16.7 Å². The number of rotatable bonds is 5. The van der Waals surface area contributed by atoms with Crippen LogP contribution in [0.25, 0.3) is 0 Å². The van der Waals surface area contributed by atoms with Gasteiger partial charge in [0.2, 0.25) is 0 Å². The minimum Gasteiger partial charge on any atom is -0.484 e. The molecule has 5 heteroatoms. The standard InChI is InChI=1S/C15H21ClN2O2/c1-11-7-13(4-5-14(11)16)20-10-15(19)18-9-12-3-2-6-17-8-12/h4-5,7,12,17H,2-3,6,8-10H2,1H3,(H,18,19). The minimum atomic E-state index is -0.0804. The van der Waals surface area contributed by atoms with E-state index in [-0.39, 0.29) is 12.5 Å². The number of hydrogen-bond donors (Lipinski definition) is 2. The Morgan fingerprint density at radius 1 is 1.55 bits per heavy atom. The zero-order chi connectivity index (χ0) is 14.4. The van der Waals surface area contributed by atoms with Gasteiger partial charge in [-0.05, 0) is 62.5 Å². The maximum Gasteiger partial charge on any atom is 0.257 e. The van der Waals surface area contributed by atoms with Crippen molar-refractivity contribution in [2.45, 2.75) is 19.8 Å². The molecule has 1 aromatic carbocycles. The highest BCUT2D eigenvalue weighted by molar-refractivity contribution is 6.31. The summed E-state index contributed by atoms with van der Waals surface area (Å²) in [7, 11) is 0. The van der Waals surface area contributed by atoms with Crippen LogP contribution in [0.1, 0.15) is 18.4 Å². The zero-order valence-corrected chi connectivity index (χ0v) is 12.5. The van der Waals surface area contributed by atoms with E-state index in [1.165, 1.54) is 12.8 Å². The van der Waals surface area contributed by atoms with Crippen LogP contribution in [0.3, 0.4) is 0 Å². The Labute approximate surface area is 124 Å². The van der Waals surface area contributed by atoms with Crippen LogP contribution in [-0.2, 0) is 4.79 Å². The van der Waals surface area contributed by atoms with Gasteiger partial charge in [0.05, 0.1) is 0 Å². The summed E-state index contributed by atoms with van der Waals surface area (Å²) in [5.41, 5.74) is 0.942. The highest BCUT2D eigenvalue weighted by atomic mass is 35.5. The lowest BCUT2D eigenvalue weighted by Gasteiger charge is -2.22. The highest BCUT2D eigenvalue weighted by Gasteiger charge is 2.13. The molecule has 0 saturated carbocycles. The van der Waals surface area contributed by atoms with Crippen LogP contribution in [0.4, 0.5) is 0 Å². The summed E-state index contributed by atoms with van der Waals surface area (Å²) in [6.07, 6.45) is 2.35. The third-order valence-electron chi connectivity index (χ3n) is 3.49. The van der Waals surface area contributed by atoms with Crippen LogP contribution < -0.4 is 15.4 Å². The van der Waals surface area contributed by atoms with Gasteiger partial charge in [-0.15, -0.1) is 0 Å². The fourth-order valence-electron chi connectivity index (χ4n) is 2.26. The highest BCUT2D eigenvalue weighted by Crippen LogP contribution is 2.20. The van der Waals surface area contributed by atoms with Gasteiger partial charge in [0.25, 0.3) is 5.91 Å². The fraction of sp³-hybridized carbons (Fsp3) is 0.533. The Morgan fingerprint density at radius 3 is 3.10 bits per heavy atom. The largest absolute Gasteiger partial charge is 0.484 e. The maximum absolute atomic E-state index is 11.7. The normalized spacial score (nSPS) is 18.6. The summed E-state index contributed by atoms with van der Waals surface area (Å²) in [6.45, 7) is 4.74. The number of benzene rings is 1. The fourth-order valence-corrected chi connectivity index (χ4v) is 2.38. The van der Waals surface area contributed by atoms with Gasteiger partial charge in [-0.25, -0.2) is 0 Å². The maximum atomic E-state index is 11.7. The number of amides is 1. The zero-order valence-electron chi connectivity index (χ0n) is 11.7. The Balaban J connectivity index is 1.70. The van der Waals surface area contributed by atoms with Crippen molar-refractivity contribution in [1.82, 2.24) is 10.6 Å². The van der Waals surface area contributed by atoms with Crippen molar-refractivity contribution in [2.75, 3.05) is 26.2 Å². The molecule has 110 valence electrons. The number of carbonyl (C=O) groups excluding carboxylic acids is 1. The summed E-state index contributed by atoms with van der Waals surface area (Å²) in [5.74, 6) is 1.12. The van der Waals surface area contributed by atoms with Crippen molar-refractivity contribution in [3.63, 3.8) is 0 Å². The molecule has 1 aliphatic rings. The average molecular weight is 297 g/mol. The van der Waals surface area contributed by atoms with Gasteiger partial charge in [-0.1, -0.05) is 11.6 Å². The Kier molecular flexibility index (Phi) is 5.68. The first-order chi connectivity index (χ1) is 9.65. The number of aryl methyl sites for hydroxylation is 1. The molecule has 1 amide bonds. The van der Waals surface area contributed by atoms with E-state index in [0.717, 1.165) is 25.2 Å². The lowest BCUT2D eigenvalue weighted by Crippen LogP contribution is -2.39. The van der Waals surface area contributed by atoms with Crippen molar-refractivity contribution in [3.05, 3.63) is 28.8 Å². The van der Waals surface area contributed by atoms with E-state index in [1.807, 2.05) is 13.0 Å². The minimum absolute atomic E-state index is 0.0429. The van der Waals surface area contributed by atoms with Gasteiger partial charge in [0.1, 0.15) is 5.75 Å². The lowest BCUT2D eigenvalue weighted by atomic mass is 10.00. The van der Waals surface area contributed by atoms with Crippen LogP contribution in [0.15, 0.2) is 18.2 Å². The summed E-state index contributed by atoms with van der Waals surface area (Å²) >= 11 is 5.94. The van der Waals surface area contributed by atoms with Crippen molar-refractivity contribution in [2.24, 2.45) is 5.92 Å². The van der Waals surface area contributed by atoms with Crippen LogP contribution in [0.2, 0.25) is 5.02 Å². The van der Waals surface area contributed by atoms with E-state index in [1.54, 1.807) is 12.1 Å². The smallest absolute Gasteiger partial charge is 0.257 e. The number of nitrogens with one attached hydrogen (secondary N) is 2. The average Bonchev–Trinajstić information content (AvgIpc) is 2.47. The van der Waals surface area contributed by atoms with E-state index in [9.17, 15) is 4.79 Å². The van der Waals surface area contributed by atoms with Gasteiger partial charge < -0.3 is 15.4 Å². The second-order valence-electron chi connectivity index (χ2n) is 5.22. The van der Waals surface area contributed by atoms with Gasteiger partial charge in [0.15, 0.2) is 6.61 Å². The predicted molar refractivity (Wildman–Crippen MR) is 80.3 cm³/mol. The molecule has 2 N–H and O–H groups in total. The monoisotopic (exact) mass is 296 g/mol. The molecule has 1 aliphatic heterocycles. The first kappa shape index (κ1) is 15.1. The summed E-state index contributed by atoms with van der Waals surface area (Å²) < 4.78 is 5.46. The molecule has 4 nitrogen and oxygen atoms in total. The molecule has 1 aromatic rings. The lowest BCUT2D eigenvalue weighted by molar-refractivity contribution is -0.123. The number of piperidine rings is 1. The van der Waals surface area contributed by atoms with Crippen LogP contribution >= 0.6 is 11.6 Å². The molecule has 20 heavy (non-hydrogen) atoms. The van der Waals surface area contributed by atoms with E-state index < -0.39 is 0 Å². The van der Waals surface area contributed by atoms with Crippen LogP contribution in [0, 0.1) is 12.8 Å². The number of ether oxygens (including phenoxy) is 1. The molecule has 1 heterocycles. The molecule has 0 radical (unpaired) electrons. The van der Waals surface area contributed by atoms with Crippen molar-refractivity contribution >= 4 is 17.5 Å². The molecule has 1 saturated heterocycles. The quantitative estimate of drug-likeness (QED) is 0.875.